The third kappa shape index (κ3) is 4.06. The molecule has 0 aliphatic rings. The summed E-state index contributed by atoms with van der Waals surface area (Å²) in [5, 5.41) is 8.83. The number of aryl methyl sites for hydroxylation is 1. The summed E-state index contributed by atoms with van der Waals surface area (Å²) in [6, 6.07) is 7.38. The van der Waals surface area contributed by atoms with Crippen molar-refractivity contribution in [3.63, 3.8) is 0 Å². The lowest BCUT2D eigenvalue weighted by molar-refractivity contribution is -0.138. The van der Waals surface area contributed by atoms with Crippen molar-refractivity contribution in [2.24, 2.45) is 0 Å². The Hall–Kier alpha value is -1.88. The van der Waals surface area contributed by atoms with Gasteiger partial charge in [-0.15, -0.1) is 0 Å². The Kier molecular flexibility index (Phi) is 5.27. The van der Waals surface area contributed by atoms with Gasteiger partial charge in [0.1, 0.15) is 5.60 Å². The van der Waals surface area contributed by atoms with Gasteiger partial charge in [0.2, 0.25) is 0 Å². The van der Waals surface area contributed by atoms with Gasteiger partial charge in [-0.05, 0) is 32.9 Å². The van der Waals surface area contributed by atoms with Crippen LogP contribution in [-0.4, -0.2) is 36.2 Å². The predicted octanol–water partition coefficient (Wildman–Crippen LogP) is 2.23. The number of nitrogens with zero attached hydrogens (tertiary/aromatic N) is 1. The fourth-order valence-corrected chi connectivity index (χ4v) is 1.69. The molecule has 0 bridgehead atoms. The molecule has 1 aromatic rings. The largest absolute Gasteiger partial charge is 0.481 e. The predicted molar refractivity (Wildman–Crippen MR) is 76.9 cm³/mol. The highest BCUT2D eigenvalue weighted by Crippen LogP contribution is 2.21. The zero-order valence-corrected chi connectivity index (χ0v) is 12.3. The zero-order valence-electron chi connectivity index (χ0n) is 12.3. The number of aliphatic carboxylic acids is 1. The van der Waals surface area contributed by atoms with Gasteiger partial charge in [-0.25, -0.2) is 0 Å². The summed E-state index contributed by atoms with van der Waals surface area (Å²) in [6.45, 7) is 5.39. The molecule has 110 valence electrons. The molecule has 0 unspecified atom stereocenters. The molecule has 0 aliphatic carbocycles. The van der Waals surface area contributed by atoms with Crippen LogP contribution in [0.1, 0.15) is 25.8 Å². The molecule has 0 radical (unpaired) electrons. The number of rotatable bonds is 6. The van der Waals surface area contributed by atoms with Crippen molar-refractivity contribution in [2.75, 3.05) is 18.6 Å². The molecule has 0 spiro atoms. The van der Waals surface area contributed by atoms with Gasteiger partial charge in [-0.2, -0.15) is 0 Å². The Morgan fingerprint density at radius 1 is 1.25 bits per heavy atom. The Balaban J connectivity index is 3.04. The lowest BCUT2D eigenvalue weighted by atomic mass is 10.1. The van der Waals surface area contributed by atoms with Crippen molar-refractivity contribution in [3.8, 4) is 0 Å². The van der Waals surface area contributed by atoms with Crippen molar-refractivity contribution in [2.45, 2.75) is 32.8 Å². The first-order valence-corrected chi connectivity index (χ1v) is 6.43. The highest BCUT2D eigenvalue weighted by Gasteiger charge is 2.32. The van der Waals surface area contributed by atoms with Crippen LogP contribution in [0.4, 0.5) is 5.69 Å². The van der Waals surface area contributed by atoms with Crippen LogP contribution in [0.25, 0.3) is 0 Å². The number of hydrogen-bond donors (Lipinski definition) is 1. The SMILES string of the molecule is COC(C)(C)C(=O)N(CCC(=O)O)c1ccc(C)cc1. The maximum absolute atomic E-state index is 12.5. The van der Waals surface area contributed by atoms with Crippen molar-refractivity contribution in [1.82, 2.24) is 0 Å². The van der Waals surface area contributed by atoms with Crippen molar-refractivity contribution in [1.29, 1.82) is 0 Å². The Bertz CT molecular complexity index is 479. The first-order valence-electron chi connectivity index (χ1n) is 6.43. The monoisotopic (exact) mass is 279 g/mol. The zero-order chi connectivity index (χ0) is 15.3. The summed E-state index contributed by atoms with van der Waals surface area (Å²) in [6.07, 6.45) is -0.112. The quantitative estimate of drug-likeness (QED) is 0.867. The van der Waals surface area contributed by atoms with E-state index in [9.17, 15) is 9.59 Å². The minimum Gasteiger partial charge on any atom is -0.481 e. The third-order valence-electron chi connectivity index (χ3n) is 3.17. The topological polar surface area (TPSA) is 66.8 Å². The summed E-state index contributed by atoms with van der Waals surface area (Å²) >= 11 is 0. The number of anilines is 1. The molecule has 0 fully saturated rings. The Morgan fingerprint density at radius 2 is 1.80 bits per heavy atom. The van der Waals surface area contributed by atoms with Crippen molar-refractivity contribution >= 4 is 17.6 Å². The smallest absolute Gasteiger partial charge is 0.305 e. The summed E-state index contributed by atoms with van der Waals surface area (Å²) in [5.74, 6) is -1.20. The van der Waals surface area contributed by atoms with Crippen molar-refractivity contribution in [3.05, 3.63) is 29.8 Å². The minimum absolute atomic E-state index is 0.112. The summed E-state index contributed by atoms with van der Waals surface area (Å²) in [4.78, 5) is 24.7. The van der Waals surface area contributed by atoms with Crippen LogP contribution in [0.2, 0.25) is 0 Å². The van der Waals surface area contributed by atoms with E-state index in [-0.39, 0.29) is 18.9 Å². The summed E-state index contributed by atoms with van der Waals surface area (Å²) in [5.41, 5.74) is 0.751. The molecule has 1 aromatic carbocycles. The van der Waals surface area contributed by atoms with E-state index in [1.807, 2.05) is 19.1 Å². The van der Waals surface area contributed by atoms with E-state index < -0.39 is 11.6 Å². The first-order chi connectivity index (χ1) is 9.27. The van der Waals surface area contributed by atoms with Crippen LogP contribution in [0.5, 0.6) is 0 Å². The summed E-state index contributed by atoms with van der Waals surface area (Å²) in [7, 11) is 1.46. The highest BCUT2D eigenvalue weighted by atomic mass is 16.5. The van der Waals surface area contributed by atoms with Crippen molar-refractivity contribution < 1.29 is 19.4 Å². The average molecular weight is 279 g/mol. The molecule has 0 aromatic heterocycles. The van der Waals surface area contributed by atoms with Gasteiger partial charge < -0.3 is 14.7 Å². The molecular weight excluding hydrogens is 258 g/mol. The second-order valence-electron chi connectivity index (χ2n) is 5.15. The van der Waals surface area contributed by atoms with E-state index in [4.69, 9.17) is 9.84 Å². The Morgan fingerprint density at radius 3 is 2.25 bits per heavy atom. The molecule has 5 nitrogen and oxygen atoms in total. The second-order valence-corrected chi connectivity index (χ2v) is 5.15. The second kappa shape index (κ2) is 6.52. The highest BCUT2D eigenvalue weighted by molar-refractivity contribution is 5.99. The van der Waals surface area contributed by atoms with Gasteiger partial charge in [-0.1, -0.05) is 17.7 Å². The average Bonchev–Trinajstić information content (AvgIpc) is 2.40. The lowest BCUT2D eigenvalue weighted by Crippen LogP contribution is -2.47. The van der Waals surface area contributed by atoms with Gasteiger partial charge in [0.15, 0.2) is 0 Å². The minimum atomic E-state index is -0.997. The molecule has 1 N–H and O–H groups in total. The number of amides is 1. The maximum Gasteiger partial charge on any atom is 0.305 e. The van der Waals surface area contributed by atoms with Gasteiger partial charge >= 0.3 is 5.97 Å². The third-order valence-corrected chi connectivity index (χ3v) is 3.17. The molecule has 5 heteroatoms. The van der Waals surface area contributed by atoms with Gasteiger partial charge in [-0.3, -0.25) is 9.59 Å². The van der Waals surface area contributed by atoms with E-state index in [0.29, 0.717) is 5.69 Å². The number of benzene rings is 1. The van der Waals surface area contributed by atoms with E-state index >= 15 is 0 Å². The molecule has 0 saturated heterocycles. The van der Waals surface area contributed by atoms with Gasteiger partial charge in [0, 0.05) is 19.3 Å². The molecule has 1 rings (SSSR count). The van der Waals surface area contributed by atoms with E-state index in [2.05, 4.69) is 0 Å². The Labute approximate surface area is 119 Å². The molecule has 0 heterocycles. The van der Waals surface area contributed by atoms with Crippen LogP contribution in [0, 0.1) is 6.92 Å². The van der Waals surface area contributed by atoms with Crippen LogP contribution in [0.3, 0.4) is 0 Å². The van der Waals surface area contributed by atoms with Crippen LogP contribution >= 0.6 is 0 Å². The number of ether oxygens (including phenoxy) is 1. The fraction of sp³-hybridized carbons (Fsp3) is 0.467. The fourth-order valence-electron chi connectivity index (χ4n) is 1.69. The van der Waals surface area contributed by atoms with Crippen LogP contribution in [-0.2, 0) is 14.3 Å². The van der Waals surface area contributed by atoms with E-state index in [1.165, 1.54) is 12.0 Å². The first kappa shape index (κ1) is 16.2. The number of methoxy groups -OCH3 is 1. The molecule has 20 heavy (non-hydrogen) atoms. The molecule has 0 aliphatic heterocycles. The molecule has 0 atom stereocenters. The number of carboxylic acids is 1. The van der Waals surface area contributed by atoms with Crippen LogP contribution in [0.15, 0.2) is 24.3 Å². The van der Waals surface area contributed by atoms with Gasteiger partial charge in [0.25, 0.3) is 5.91 Å². The lowest BCUT2D eigenvalue weighted by Gasteiger charge is -2.30. The van der Waals surface area contributed by atoms with Crippen LogP contribution < -0.4 is 4.90 Å². The normalized spacial score (nSPS) is 11.2. The standard InChI is InChI=1S/C15H21NO4/c1-11-5-7-12(8-6-11)16(10-9-13(17)18)14(19)15(2,3)20-4/h5-8H,9-10H2,1-4H3,(H,17,18). The number of carboxylic acid groups (broad SMARTS) is 1. The molecule has 1 amide bonds. The van der Waals surface area contributed by atoms with Gasteiger partial charge in [0.05, 0.1) is 6.42 Å². The maximum atomic E-state index is 12.5. The number of carbonyl (C=O) groups excluding carboxylic acids is 1. The molecular formula is C15H21NO4. The number of carbonyl (C=O) groups is 2. The summed E-state index contributed by atoms with van der Waals surface area (Å²) < 4.78 is 5.19. The number of hydrogen-bond acceptors (Lipinski definition) is 3. The molecule has 0 saturated carbocycles. The van der Waals surface area contributed by atoms with E-state index in [0.717, 1.165) is 5.56 Å². The van der Waals surface area contributed by atoms with E-state index in [1.54, 1.807) is 26.0 Å².